The number of amides is 1. The quantitative estimate of drug-likeness (QED) is 0.567. The fraction of sp³-hybridized carbons (Fsp3) is 0.143. The predicted octanol–water partition coefficient (Wildman–Crippen LogP) is 3.40. The van der Waals surface area contributed by atoms with Gasteiger partial charge in [-0.2, -0.15) is 0 Å². The van der Waals surface area contributed by atoms with Crippen molar-refractivity contribution < 1.29 is 4.79 Å². The Kier molecular flexibility index (Phi) is 4.99. The van der Waals surface area contributed by atoms with Crippen LogP contribution >= 0.6 is 11.3 Å². The van der Waals surface area contributed by atoms with Crippen LogP contribution in [0.1, 0.15) is 18.5 Å². The Hall–Kier alpha value is -3.32. The molecule has 0 saturated heterocycles. The first kappa shape index (κ1) is 18.1. The standard InChI is InChI=1S/C21H18N4O2S/c1-14(15-8-4-2-5-9-15)22-19(26)13-25-21(27)17-12-18(28-20(17)23-24-25)16-10-6-3-7-11-16/h2-12,14H,13H2,1H3,(H,22,26). The van der Waals surface area contributed by atoms with Crippen molar-refractivity contribution in [1.29, 1.82) is 0 Å². The molecule has 0 fully saturated rings. The maximum absolute atomic E-state index is 12.8. The zero-order chi connectivity index (χ0) is 19.5. The molecule has 1 N–H and O–H groups in total. The molecule has 28 heavy (non-hydrogen) atoms. The van der Waals surface area contributed by atoms with E-state index in [2.05, 4.69) is 15.6 Å². The van der Waals surface area contributed by atoms with Gasteiger partial charge in [0.05, 0.1) is 11.4 Å². The van der Waals surface area contributed by atoms with Gasteiger partial charge in [-0.15, -0.1) is 16.4 Å². The fourth-order valence-electron chi connectivity index (χ4n) is 2.98. The van der Waals surface area contributed by atoms with Crippen molar-refractivity contribution in [2.75, 3.05) is 0 Å². The summed E-state index contributed by atoms with van der Waals surface area (Å²) in [4.78, 5) is 26.6. The van der Waals surface area contributed by atoms with E-state index in [1.807, 2.05) is 73.7 Å². The van der Waals surface area contributed by atoms with Gasteiger partial charge in [0.25, 0.3) is 5.56 Å². The average molecular weight is 390 g/mol. The highest BCUT2D eigenvalue weighted by Crippen LogP contribution is 2.30. The number of fused-ring (bicyclic) bond motifs is 1. The third-order valence-corrected chi connectivity index (χ3v) is 5.52. The number of nitrogens with zero attached hydrogens (tertiary/aromatic N) is 3. The van der Waals surface area contributed by atoms with E-state index in [1.165, 1.54) is 11.3 Å². The molecule has 0 aliphatic heterocycles. The average Bonchev–Trinajstić information content (AvgIpc) is 3.17. The summed E-state index contributed by atoms with van der Waals surface area (Å²) in [7, 11) is 0. The number of thiophene rings is 1. The van der Waals surface area contributed by atoms with E-state index in [4.69, 9.17) is 0 Å². The number of aromatic nitrogens is 3. The molecule has 0 aliphatic carbocycles. The summed E-state index contributed by atoms with van der Waals surface area (Å²) in [6.45, 7) is 1.73. The SMILES string of the molecule is CC(NC(=O)Cn1nnc2sc(-c3ccccc3)cc2c1=O)c1ccccc1. The second-order valence-corrected chi connectivity index (χ2v) is 7.48. The highest BCUT2D eigenvalue weighted by atomic mass is 32.1. The van der Waals surface area contributed by atoms with Crippen LogP contribution in [0, 0.1) is 0 Å². The zero-order valence-corrected chi connectivity index (χ0v) is 16.0. The topological polar surface area (TPSA) is 76.9 Å². The van der Waals surface area contributed by atoms with Gasteiger partial charge >= 0.3 is 0 Å². The molecule has 2 aromatic heterocycles. The maximum Gasteiger partial charge on any atom is 0.279 e. The molecule has 0 saturated carbocycles. The summed E-state index contributed by atoms with van der Waals surface area (Å²) >= 11 is 1.41. The molecule has 2 heterocycles. The van der Waals surface area contributed by atoms with Crippen molar-refractivity contribution in [3.8, 4) is 10.4 Å². The summed E-state index contributed by atoms with van der Waals surface area (Å²) in [5, 5.41) is 11.4. The van der Waals surface area contributed by atoms with Gasteiger partial charge in [0.2, 0.25) is 5.91 Å². The second-order valence-electron chi connectivity index (χ2n) is 6.45. The van der Waals surface area contributed by atoms with Crippen molar-refractivity contribution in [2.24, 2.45) is 0 Å². The molecule has 1 atom stereocenters. The minimum Gasteiger partial charge on any atom is -0.348 e. The van der Waals surface area contributed by atoms with E-state index in [-0.39, 0.29) is 24.1 Å². The van der Waals surface area contributed by atoms with Crippen LogP contribution in [0.3, 0.4) is 0 Å². The van der Waals surface area contributed by atoms with Gasteiger partial charge in [0.1, 0.15) is 6.54 Å². The first-order valence-corrected chi connectivity index (χ1v) is 9.70. The van der Waals surface area contributed by atoms with Gasteiger partial charge < -0.3 is 5.32 Å². The van der Waals surface area contributed by atoms with Crippen LogP contribution in [0.2, 0.25) is 0 Å². The minimum absolute atomic E-state index is 0.160. The number of nitrogens with one attached hydrogen (secondary N) is 1. The van der Waals surface area contributed by atoms with Gasteiger partial charge in [0.15, 0.2) is 4.83 Å². The van der Waals surface area contributed by atoms with Gasteiger partial charge in [-0.3, -0.25) is 9.59 Å². The zero-order valence-electron chi connectivity index (χ0n) is 15.2. The number of rotatable bonds is 5. The third-order valence-electron chi connectivity index (χ3n) is 4.45. The molecular formula is C21H18N4O2S. The van der Waals surface area contributed by atoms with Gasteiger partial charge in [-0.25, -0.2) is 4.68 Å². The smallest absolute Gasteiger partial charge is 0.279 e. The van der Waals surface area contributed by atoms with Crippen LogP contribution in [0.25, 0.3) is 20.7 Å². The second kappa shape index (κ2) is 7.74. The molecule has 6 nitrogen and oxygen atoms in total. The first-order chi connectivity index (χ1) is 13.6. The van der Waals surface area contributed by atoms with Crippen molar-refractivity contribution in [1.82, 2.24) is 20.3 Å². The molecule has 0 radical (unpaired) electrons. The van der Waals surface area contributed by atoms with E-state index in [0.717, 1.165) is 20.7 Å². The lowest BCUT2D eigenvalue weighted by molar-refractivity contribution is -0.122. The van der Waals surface area contributed by atoms with E-state index in [9.17, 15) is 9.59 Å². The van der Waals surface area contributed by atoms with E-state index < -0.39 is 0 Å². The minimum atomic E-state index is -0.314. The van der Waals surface area contributed by atoms with Crippen molar-refractivity contribution >= 4 is 27.5 Å². The lowest BCUT2D eigenvalue weighted by atomic mass is 10.1. The lowest BCUT2D eigenvalue weighted by Crippen LogP contribution is -2.35. The van der Waals surface area contributed by atoms with Crippen LogP contribution in [0.5, 0.6) is 0 Å². The molecule has 4 aromatic rings. The van der Waals surface area contributed by atoms with Gasteiger partial charge in [0, 0.05) is 4.88 Å². The molecule has 7 heteroatoms. The van der Waals surface area contributed by atoms with Crippen LogP contribution in [0.4, 0.5) is 0 Å². The largest absolute Gasteiger partial charge is 0.348 e. The molecular weight excluding hydrogens is 372 g/mol. The molecule has 1 amide bonds. The molecule has 1 unspecified atom stereocenters. The number of carbonyl (C=O) groups is 1. The number of hydrogen-bond acceptors (Lipinski definition) is 5. The third kappa shape index (κ3) is 3.70. The molecule has 2 aromatic carbocycles. The van der Waals surface area contributed by atoms with Crippen LogP contribution < -0.4 is 10.9 Å². The molecule has 140 valence electrons. The maximum atomic E-state index is 12.8. The first-order valence-electron chi connectivity index (χ1n) is 8.89. The molecule has 0 bridgehead atoms. The summed E-state index contributed by atoms with van der Waals surface area (Å²) in [5.74, 6) is -0.286. The molecule has 4 rings (SSSR count). The van der Waals surface area contributed by atoms with Crippen LogP contribution in [0.15, 0.2) is 71.5 Å². The summed E-state index contributed by atoms with van der Waals surface area (Å²) < 4.78 is 1.11. The fourth-order valence-corrected chi connectivity index (χ4v) is 3.95. The summed E-state index contributed by atoms with van der Waals surface area (Å²) in [6, 6.07) is 21.1. The van der Waals surface area contributed by atoms with Crippen molar-refractivity contribution in [3.63, 3.8) is 0 Å². The summed E-state index contributed by atoms with van der Waals surface area (Å²) in [5.41, 5.74) is 1.70. The number of carbonyl (C=O) groups excluding carboxylic acids is 1. The number of benzene rings is 2. The van der Waals surface area contributed by atoms with Gasteiger partial charge in [-0.05, 0) is 24.1 Å². The Labute approximate surface area is 165 Å². The lowest BCUT2D eigenvalue weighted by Gasteiger charge is -2.14. The Morgan fingerprint density at radius 2 is 1.79 bits per heavy atom. The van der Waals surface area contributed by atoms with Gasteiger partial charge in [-0.1, -0.05) is 65.9 Å². The van der Waals surface area contributed by atoms with Crippen molar-refractivity contribution in [2.45, 2.75) is 19.5 Å². The van der Waals surface area contributed by atoms with E-state index in [1.54, 1.807) is 0 Å². The van der Waals surface area contributed by atoms with Crippen LogP contribution in [-0.4, -0.2) is 20.9 Å². The Morgan fingerprint density at radius 1 is 1.11 bits per heavy atom. The predicted molar refractivity (Wildman–Crippen MR) is 110 cm³/mol. The highest BCUT2D eigenvalue weighted by Gasteiger charge is 2.15. The summed E-state index contributed by atoms with van der Waals surface area (Å²) in [6.07, 6.45) is 0. The normalized spacial score (nSPS) is 12.0. The Bertz CT molecular complexity index is 1170. The van der Waals surface area contributed by atoms with Crippen molar-refractivity contribution in [3.05, 3.63) is 82.6 Å². The Balaban J connectivity index is 1.55. The molecule has 0 spiro atoms. The van der Waals surface area contributed by atoms with E-state index >= 15 is 0 Å². The van der Waals surface area contributed by atoms with E-state index in [0.29, 0.717) is 10.2 Å². The molecule has 0 aliphatic rings. The Morgan fingerprint density at radius 3 is 2.50 bits per heavy atom. The highest BCUT2D eigenvalue weighted by molar-refractivity contribution is 7.21. The number of hydrogen-bond donors (Lipinski definition) is 1. The van der Waals surface area contributed by atoms with Crippen LogP contribution in [-0.2, 0) is 11.3 Å². The monoisotopic (exact) mass is 390 g/mol.